The fourth-order valence-electron chi connectivity index (χ4n) is 2.19. The van der Waals surface area contributed by atoms with Crippen molar-refractivity contribution in [2.45, 2.75) is 13.3 Å². The molecule has 0 amide bonds. The molecule has 10 heteroatoms. The molecule has 0 radical (unpaired) electrons. The first-order chi connectivity index (χ1) is 11.9. The molecule has 0 bridgehead atoms. The van der Waals surface area contributed by atoms with Gasteiger partial charge in [-0.05, 0) is 18.6 Å². The zero-order valence-corrected chi connectivity index (χ0v) is 14.4. The minimum atomic E-state index is -0.754. The molecule has 25 heavy (non-hydrogen) atoms. The number of thiophene rings is 1. The van der Waals surface area contributed by atoms with E-state index in [1.54, 1.807) is 6.07 Å². The number of hydrogen-bond acceptors (Lipinski definition) is 7. The molecule has 8 nitrogen and oxygen atoms in total. The molecule has 3 rings (SSSR count). The second-order valence-corrected chi connectivity index (χ2v) is 6.60. The van der Waals surface area contributed by atoms with Crippen molar-refractivity contribution in [2.75, 3.05) is 0 Å². The van der Waals surface area contributed by atoms with Gasteiger partial charge in [-0.3, -0.25) is 14.9 Å². The van der Waals surface area contributed by atoms with Crippen LogP contribution in [0.4, 0.5) is 5.69 Å². The summed E-state index contributed by atoms with van der Waals surface area (Å²) in [6, 6.07) is 4.11. The van der Waals surface area contributed by atoms with Gasteiger partial charge in [-0.25, -0.2) is 4.98 Å². The predicted octanol–water partition coefficient (Wildman–Crippen LogP) is 3.17. The van der Waals surface area contributed by atoms with E-state index in [9.17, 15) is 20.0 Å². The molecule has 2 heterocycles. The maximum absolute atomic E-state index is 12.4. The van der Waals surface area contributed by atoms with Gasteiger partial charge >= 0.3 is 5.69 Å². The summed E-state index contributed by atoms with van der Waals surface area (Å²) in [6.45, 7) is 1.98. The highest BCUT2D eigenvalue weighted by Crippen LogP contribution is 2.32. The van der Waals surface area contributed by atoms with Crippen LogP contribution in [-0.4, -0.2) is 25.9 Å². The zero-order chi connectivity index (χ0) is 18.1. The van der Waals surface area contributed by atoms with Crippen LogP contribution in [0.15, 0.2) is 34.4 Å². The molecule has 2 aromatic heterocycles. The van der Waals surface area contributed by atoms with Crippen LogP contribution in [0.2, 0.25) is 5.02 Å². The lowest BCUT2D eigenvalue weighted by molar-refractivity contribution is -0.385. The molecule has 0 aliphatic rings. The summed E-state index contributed by atoms with van der Waals surface area (Å²) < 4.78 is 1.00. The van der Waals surface area contributed by atoms with Gasteiger partial charge in [0.1, 0.15) is 11.2 Å². The van der Waals surface area contributed by atoms with Crippen LogP contribution >= 0.6 is 22.9 Å². The van der Waals surface area contributed by atoms with Gasteiger partial charge in [0, 0.05) is 21.5 Å². The van der Waals surface area contributed by atoms with Gasteiger partial charge in [0.25, 0.3) is 5.56 Å². The first-order valence-electron chi connectivity index (χ1n) is 7.12. The topological polar surface area (TPSA) is 111 Å². The summed E-state index contributed by atoms with van der Waals surface area (Å²) in [5, 5.41) is 25.3. The predicted molar refractivity (Wildman–Crippen MR) is 96.0 cm³/mol. The Balaban J connectivity index is 2.06. The third kappa shape index (κ3) is 3.24. The SMILES string of the molecule is CCc1cc2c(=O)n(/N=C\c3cc(Cl)cc([N+](=O)[O-])c3O)cnc2s1. The van der Waals surface area contributed by atoms with Crippen molar-refractivity contribution in [2.24, 2.45) is 5.10 Å². The number of benzene rings is 1. The molecule has 0 aliphatic heterocycles. The summed E-state index contributed by atoms with van der Waals surface area (Å²) >= 11 is 7.25. The van der Waals surface area contributed by atoms with Crippen molar-refractivity contribution in [1.29, 1.82) is 0 Å². The third-order valence-corrected chi connectivity index (χ3v) is 4.84. The van der Waals surface area contributed by atoms with Crippen molar-refractivity contribution in [1.82, 2.24) is 9.66 Å². The number of phenols is 1. The van der Waals surface area contributed by atoms with E-state index in [1.807, 2.05) is 6.92 Å². The molecular formula is C15H11ClN4O4S. The smallest absolute Gasteiger partial charge is 0.312 e. The number of hydrogen-bond donors (Lipinski definition) is 1. The van der Waals surface area contributed by atoms with Crippen molar-refractivity contribution in [3.63, 3.8) is 0 Å². The van der Waals surface area contributed by atoms with E-state index in [0.717, 1.165) is 28.3 Å². The highest BCUT2D eigenvalue weighted by Gasteiger charge is 2.18. The van der Waals surface area contributed by atoms with Crippen LogP contribution in [0.3, 0.4) is 0 Å². The average Bonchev–Trinajstić information content (AvgIpc) is 3.00. The number of aromatic nitrogens is 2. The van der Waals surface area contributed by atoms with Crippen LogP contribution < -0.4 is 5.56 Å². The van der Waals surface area contributed by atoms with E-state index in [1.165, 1.54) is 23.7 Å². The molecule has 0 fully saturated rings. The number of aryl methyl sites for hydroxylation is 1. The fourth-order valence-corrected chi connectivity index (χ4v) is 3.33. The van der Waals surface area contributed by atoms with Crippen molar-refractivity contribution < 1.29 is 10.0 Å². The Labute approximate surface area is 149 Å². The third-order valence-electron chi connectivity index (χ3n) is 3.44. The normalized spacial score (nSPS) is 11.4. The average molecular weight is 379 g/mol. The van der Waals surface area contributed by atoms with Gasteiger partial charge in [0.2, 0.25) is 5.75 Å². The monoisotopic (exact) mass is 378 g/mol. The lowest BCUT2D eigenvalue weighted by Gasteiger charge is -2.02. The molecule has 128 valence electrons. The van der Waals surface area contributed by atoms with E-state index in [2.05, 4.69) is 10.1 Å². The minimum absolute atomic E-state index is 0.0192. The molecule has 0 atom stereocenters. The Hall–Kier alpha value is -2.78. The first kappa shape index (κ1) is 17.1. The van der Waals surface area contributed by atoms with Crippen molar-refractivity contribution >= 4 is 45.1 Å². The number of halogens is 1. The quantitative estimate of drug-likeness (QED) is 0.426. The number of fused-ring (bicyclic) bond motifs is 1. The summed E-state index contributed by atoms with van der Waals surface area (Å²) in [5.74, 6) is -0.580. The maximum atomic E-state index is 12.4. The molecule has 0 saturated heterocycles. The summed E-state index contributed by atoms with van der Waals surface area (Å²) in [6.07, 6.45) is 3.17. The minimum Gasteiger partial charge on any atom is -0.502 e. The molecule has 0 aliphatic carbocycles. The fraction of sp³-hybridized carbons (Fsp3) is 0.133. The molecule has 3 aromatic rings. The molecule has 0 saturated carbocycles. The van der Waals surface area contributed by atoms with Gasteiger partial charge < -0.3 is 5.11 Å². The summed E-state index contributed by atoms with van der Waals surface area (Å²) in [4.78, 5) is 28.4. The standard InChI is InChI=1S/C15H11ClN4O4S/c1-2-10-5-11-14(25-10)17-7-19(15(11)22)18-6-8-3-9(16)4-12(13(8)21)20(23)24/h3-7,21H,2H2,1H3/b18-6-. The number of nitro groups is 1. The second kappa shape index (κ2) is 6.61. The van der Waals surface area contributed by atoms with Crippen LogP contribution in [0.1, 0.15) is 17.4 Å². The van der Waals surface area contributed by atoms with Crippen molar-refractivity contribution in [3.8, 4) is 5.75 Å². The largest absolute Gasteiger partial charge is 0.502 e. The molecular weight excluding hydrogens is 368 g/mol. The second-order valence-electron chi connectivity index (χ2n) is 5.04. The van der Waals surface area contributed by atoms with Crippen LogP contribution in [0.25, 0.3) is 10.2 Å². The number of nitrogens with zero attached hydrogens (tertiary/aromatic N) is 4. The number of rotatable bonds is 4. The molecule has 1 N–H and O–H groups in total. The summed E-state index contributed by atoms with van der Waals surface area (Å²) in [5.41, 5.74) is -0.890. The van der Waals surface area contributed by atoms with Crippen LogP contribution in [-0.2, 0) is 6.42 Å². The molecule has 0 unspecified atom stereocenters. The van der Waals surface area contributed by atoms with E-state index in [-0.39, 0.29) is 16.1 Å². The van der Waals surface area contributed by atoms with Gasteiger partial charge in [-0.2, -0.15) is 9.78 Å². The zero-order valence-electron chi connectivity index (χ0n) is 12.8. The van der Waals surface area contributed by atoms with E-state index in [0.29, 0.717) is 10.2 Å². The van der Waals surface area contributed by atoms with Gasteiger partial charge in [0.15, 0.2) is 0 Å². The highest BCUT2D eigenvalue weighted by atomic mass is 35.5. The Bertz CT molecular complexity index is 1070. The Morgan fingerprint density at radius 1 is 1.48 bits per heavy atom. The van der Waals surface area contributed by atoms with E-state index in [4.69, 9.17) is 11.6 Å². The Morgan fingerprint density at radius 3 is 2.92 bits per heavy atom. The molecule has 1 aromatic carbocycles. The number of phenolic OH excluding ortho intramolecular Hbond substituents is 1. The number of aromatic hydroxyl groups is 1. The van der Waals surface area contributed by atoms with Gasteiger partial charge in [-0.15, -0.1) is 11.3 Å². The van der Waals surface area contributed by atoms with E-state index >= 15 is 0 Å². The first-order valence-corrected chi connectivity index (χ1v) is 8.31. The van der Waals surface area contributed by atoms with E-state index < -0.39 is 16.4 Å². The lowest BCUT2D eigenvalue weighted by Crippen LogP contribution is -2.16. The Morgan fingerprint density at radius 2 is 2.24 bits per heavy atom. The molecule has 0 spiro atoms. The van der Waals surface area contributed by atoms with Gasteiger partial charge in [-0.1, -0.05) is 18.5 Å². The Kier molecular flexibility index (Phi) is 4.51. The summed E-state index contributed by atoms with van der Waals surface area (Å²) in [7, 11) is 0. The van der Waals surface area contributed by atoms with Crippen LogP contribution in [0.5, 0.6) is 5.75 Å². The lowest BCUT2D eigenvalue weighted by atomic mass is 10.2. The van der Waals surface area contributed by atoms with Crippen LogP contribution in [0, 0.1) is 10.1 Å². The maximum Gasteiger partial charge on any atom is 0.312 e. The van der Waals surface area contributed by atoms with Crippen molar-refractivity contribution in [3.05, 3.63) is 60.5 Å². The number of nitro benzene ring substituents is 1. The highest BCUT2D eigenvalue weighted by molar-refractivity contribution is 7.18. The van der Waals surface area contributed by atoms with Gasteiger partial charge in [0.05, 0.1) is 16.5 Å².